The maximum absolute atomic E-state index is 9.22. The number of aromatic nitrogens is 3. The van der Waals surface area contributed by atoms with Crippen molar-refractivity contribution < 1.29 is 5.21 Å². The molecule has 4 heteroatoms. The molecule has 0 saturated heterocycles. The minimum Gasteiger partial charge on any atom is -0.410 e. The van der Waals surface area contributed by atoms with Gasteiger partial charge in [-0.3, -0.25) is 0 Å². The van der Waals surface area contributed by atoms with E-state index in [2.05, 4.69) is 10.1 Å². The molecule has 1 aromatic heterocycles. The zero-order chi connectivity index (χ0) is 12.4. The first kappa shape index (κ1) is 10.5. The van der Waals surface area contributed by atoms with E-state index in [-0.39, 0.29) is 0 Å². The Morgan fingerprint density at radius 1 is 0.833 bits per heavy atom. The molecule has 0 radical (unpaired) electrons. The highest BCUT2D eigenvalue weighted by molar-refractivity contribution is 5.80. The van der Waals surface area contributed by atoms with Crippen molar-refractivity contribution in [3.63, 3.8) is 0 Å². The number of hydrogen-bond acceptors (Lipinski definition) is 3. The molecule has 2 aromatic carbocycles. The Hall–Kier alpha value is -2.62. The van der Waals surface area contributed by atoms with Crippen molar-refractivity contribution in [1.82, 2.24) is 14.9 Å². The van der Waals surface area contributed by atoms with Gasteiger partial charge in [0.1, 0.15) is 0 Å². The van der Waals surface area contributed by atoms with E-state index in [9.17, 15) is 5.21 Å². The van der Waals surface area contributed by atoms with Crippen molar-refractivity contribution in [2.45, 2.75) is 0 Å². The minimum absolute atomic E-state index is 0.511. The lowest BCUT2D eigenvalue weighted by Crippen LogP contribution is -1.91. The summed E-state index contributed by atoms with van der Waals surface area (Å²) in [5.74, 6) is 0.511. The highest BCUT2D eigenvalue weighted by Gasteiger charge is 2.10. The van der Waals surface area contributed by atoms with E-state index in [0.717, 1.165) is 21.5 Å². The molecule has 0 aliphatic heterocycles. The highest BCUT2D eigenvalue weighted by Crippen LogP contribution is 2.29. The molecule has 3 rings (SSSR count). The smallest absolute Gasteiger partial charge is 0.185 e. The van der Waals surface area contributed by atoms with Crippen LogP contribution in [0.5, 0.6) is 0 Å². The molecule has 0 fully saturated rings. The average Bonchev–Trinajstić information content (AvgIpc) is 2.86. The second kappa shape index (κ2) is 4.33. The fourth-order valence-electron chi connectivity index (χ4n) is 1.93. The fraction of sp³-hybridized carbons (Fsp3) is 0. The molecule has 88 valence electrons. The Morgan fingerprint density at radius 3 is 2.17 bits per heavy atom. The normalized spacial score (nSPS) is 10.4. The second-order valence-electron chi connectivity index (χ2n) is 3.90. The van der Waals surface area contributed by atoms with Crippen LogP contribution in [-0.4, -0.2) is 20.1 Å². The van der Waals surface area contributed by atoms with Crippen molar-refractivity contribution in [3.05, 3.63) is 60.9 Å². The Kier molecular flexibility index (Phi) is 2.53. The van der Waals surface area contributed by atoms with Crippen LogP contribution in [0.2, 0.25) is 0 Å². The summed E-state index contributed by atoms with van der Waals surface area (Å²) in [5.41, 5.74) is 3.04. The Morgan fingerprint density at radius 2 is 1.50 bits per heavy atom. The quantitative estimate of drug-likeness (QED) is 0.697. The van der Waals surface area contributed by atoms with E-state index in [1.165, 1.54) is 6.33 Å². The monoisotopic (exact) mass is 237 g/mol. The average molecular weight is 237 g/mol. The van der Waals surface area contributed by atoms with Crippen molar-refractivity contribution in [2.75, 3.05) is 0 Å². The Bertz CT molecular complexity index is 662. The molecule has 4 nitrogen and oxygen atoms in total. The lowest BCUT2D eigenvalue weighted by molar-refractivity contribution is 0.148. The highest BCUT2D eigenvalue weighted by atomic mass is 16.5. The van der Waals surface area contributed by atoms with Crippen LogP contribution in [0.4, 0.5) is 0 Å². The van der Waals surface area contributed by atoms with Gasteiger partial charge in [0.25, 0.3) is 0 Å². The molecule has 0 bridgehead atoms. The largest absolute Gasteiger partial charge is 0.410 e. The molecular weight excluding hydrogens is 226 g/mol. The molecule has 0 unspecified atom stereocenters. The van der Waals surface area contributed by atoms with Gasteiger partial charge in [0, 0.05) is 5.56 Å². The van der Waals surface area contributed by atoms with Crippen LogP contribution in [0.25, 0.3) is 22.5 Å². The lowest BCUT2D eigenvalue weighted by Gasteiger charge is -2.06. The molecule has 0 aliphatic rings. The van der Waals surface area contributed by atoms with Crippen molar-refractivity contribution in [1.29, 1.82) is 0 Å². The number of benzene rings is 2. The van der Waals surface area contributed by atoms with Gasteiger partial charge in [-0.25, -0.2) is 4.98 Å². The molecule has 0 amide bonds. The summed E-state index contributed by atoms with van der Waals surface area (Å²) in [4.78, 5) is 4.79. The Balaban J connectivity index is 2.17. The van der Waals surface area contributed by atoms with Crippen LogP contribution in [0, 0.1) is 0 Å². The van der Waals surface area contributed by atoms with Gasteiger partial charge in [-0.1, -0.05) is 59.4 Å². The van der Waals surface area contributed by atoms with Gasteiger partial charge < -0.3 is 5.21 Å². The number of hydrogen-bond donors (Lipinski definition) is 1. The SMILES string of the molecule is On1cnc(-c2ccccc2-c2ccccc2)n1. The minimum atomic E-state index is 0.511. The lowest BCUT2D eigenvalue weighted by atomic mass is 9.99. The van der Waals surface area contributed by atoms with Crippen LogP contribution in [0.1, 0.15) is 0 Å². The van der Waals surface area contributed by atoms with Crippen LogP contribution < -0.4 is 0 Å². The Labute approximate surface area is 104 Å². The van der Waals surface area contributed by atoms with Gasteiger partial charge in [0.15, 0.2) is 12.2 Å². The van der Waals surface area contributed by atoms with Gasteiger partial charge in [-0.2, -0.15) is 0 Å². The van der Waals surface area contributed by atoms with E-state index < -0.39 is 0 Å². The summed E-state index contributed by atoms with van der Waals surface area (Å²) in [5, 5.41) is 13.1. The zero-order valence-corrected chi connectivity index (χ0v) is 9.56. The molecule has 1 N–H and O–H groups in total. The molecule has 0 atom stereocenters. The first-order valence-corrected chi connectivity index (χ1v) is 5.60. The van der Waals surface area contributed by atoms with Crippen LogP contribution in [-0.2, 0) is 0 Å². The van der Waals surface area contributed by atoms with E-state index in [1.807, 2.05) is 54.6 Å². The van der Waals surface area contributed by atoms with E-state index in [4.69, 9.17) is 0 Å². The number of rotatable bonds is 2. The molecular formula is C14H11N3O. The van der Waals surface area contributed by atoms with Gasteiger partial charge in [-0.15, -0.1) is 5.10 Å². The molecule has 0 saturated carbocycles. The van der Waals surface area contributed by atoms with Gasteiger partial charge in [-0.05, 0) is 11.1 Å². The van der Waals surface area contributed by atoms with Gasteiger partial charge in [0.2, 0.25) is 0 Å². The summed E-state index contributed by atoms with van der Waals surface area (Å²) in [7, 11) is 0. The zero-order valence-electron chi connectivity index (χ0n) is 9.56. The maximum Gasteiger partial charge on any atom is 0.185 e. The third-order valence-electron chi connectivity index (χ3n) is 2.73. The van der Waals surface area contributed by atoms with Crippen LogP contribution in [0.3, 0.4) is 0 Å². The predicted octanol–water partition coefficient (Wildman–Crippen LogP) is 2.85. The summed E-state index contributed by atoms with van der Waals surface area (Å²) in [6, 6.07) is 17.9. The van der Waals surface area contributed by atoms with E-state index >= 15 is 0 Å². The van der Waals surface area contributed by atoms with Crippen molar-refractivity contribution >= 4 is 0 Å². The summed E-state index contributed by atoms with van der Waals surface area (Å²) < 4.78 is 0. The predicted molar refractivity (Wildman–Crippen MR) is 68.1 cm³/mol. The molecule has 18 heavy (non-hydrogen) atoms. The molecule has 0 spiro atoms. The van der Waals surface area contributed by atoms with Crippen molar-refractivity contribution in [3.8, 4) is 22.5 Å². The first-order valence-electron chi connectivity index (χ1n) is 5.60. The standard InChI is InChI=1S/C14H11N3O/c18-17-10-15-14(16-17)13-9-5-4-8-12(13)11-6-2-1-3-7-11/h1-10,18H. The van der Waals surface area contributed by atoms with Gasteiger partial charge in [0.05, 0.1) is 0 Å². The van der Waals surface area contributed by atoms with Crippen LogP contribution in [0.15, 0.2) is 60.9 Å². The third kappa shape index (κ3) is 1.84. The van der Waals surface area contributed by atoms with E-state index in [0.29, 0.717) is 5.82 Å². The molecule has 3 aromatic rings. The van der Waals surface area contributed by atoms with Gasteiger partial charge >= 0.3 is 0 Å². The topological polar surface area (TPSA) is 50.9 Å². The fourth-order valence-corrected chi connectivity index (χ4v) is 1.93. The first-order chi connectivity index (χ1) is 8.84. The third-order valence-corrected chi connectivity index (χ3v) is 2.73. The van der Waals surface area contributed by atoms with Crippen LogP contribution >= 0.6 is 0 Å². The molecule has 0 aliphatic carbocycles. The summed E-state index contributed by atoms with van der Waals surface area (Å²) in [6.45, 7) is 0. The molecule has 1 heterocycles. The van der Waals surface area contributed by atoms with Crippen molar-refractivity contribution in [2.24, 2.45) is 0 Å². The summed E-state index contributed by atoms with van der Waals surface area (Å²) in [6.07, 6.45) is 1.27. The second-order valence-corrected chi connectivity index (χ2v) is 3.90. The summed E-state index contributed by atoms with van der Waals surface area (Å²) >= 11 is 0. The maximum atomic E-state index is 9.22. The van der Waals surface area contributed by atoms with E-state index in [1.54, 1.807) is 0 Å². The number of nitrogens with zero attached hydrogens (tertiary/aromatic N) is 3.